The van der Waals surface area contributed by atoms with Gasteiger partial charge in [0.1, 0.15) is 5.82 Å². The molecule has 5 rings (SSSR count). The van der Waals surface area contributed by atoms with Crippen LogP contribution < -0.4 is 4.90 Å². The van der Waals surface area contributed by atoms with Crippen molar-refractivity contribution in [2.75, 3.05) is 31.1 Å². The summed E-state index contributed by atoms with van der Waals surface area (Å²) in [6.45, 7) is 4.54. The Morgan fingerprint density at radius 1 is 0.879 bits per heavy atom. The van der Waals surface area contributed by atoms with Crippen molar-refractivity contribution >= 4 is 11.7 Å². The molecule has 0 spiro atoms. The van der Waals surface area contributed by atoms with E-state index < -0.39 is 0 Å². The fourth-order valence-electron chi connectivity index (χ4n) is 4.23. The molecule has 4 aromatic rings. The first-order valence-electron chi connectivity index (χ1n) is 11.1. The molecule has 0 bridgehead atoms. The molecule has 1 aliphatic heterocycles. The highest BCUT2D eigenvalue weighted by Crippen LogP contribution is 2.28. The van der Waals surface area contributed by atoms with Crippen molar-refractivity contribution in [1.82, 2.24) is 20.0 Å². The Morgan fingerprint density at radius 3 is 2.03 bits per heavy atom. The Hall–Kier alpha value is -4.00. The monoisotopic (exact) mass is 439 g/mol. The first-order chi connectivity index (χ1) is 16.2. The van der Waals surface area contributed by atoms with E-state index in [1.807, 2.05) is 77.7 Å². The average Bonchev–Trinajstić information content (AvgIpc) is 3.32. The van der Waals surface area contributed by atoms with Gasteiger partial charge in [-0.15, -0.1) is 0 Å². The Balaban J connectivity index is 1.28. The third-order valence-corrected chi connectivity index (χ3v) is 5.96. The molecule has 0 atom stereocenters. The number of carbonyl (C=O) groups excluding carboxylic acids is 1. The average molecular weight is 440 g/mol. The van der Waals surface area contributed by atoms with Gasteiger partial charge in [0.15, 0.2) is 0 Å². The first kappa shape index (κ1) is 20.9. The smallest absolute Gasteiger partial charge is 0.234 e. The molecule has 166 valence electrons. The molecule has 2 aromatic heterocycles. The topological polar surface area (TPSA) is 75.4 Å². The molecule has 1 saturated heterocycles. The summed E-state index contributed by atoms with van der Waals surface area (Å²) in [6, 6.07) is 23.9. The maximum Gasteiger partial charge on any atom is 0.234 e. The molecule has 0 N–H and O–H groups in total. The van der Waals surface area contributed by atoms with Gasteiger partial charge in [-0.1, -0.05) is 65.8 Å². The van der Waals surface area contributed by atoms with E-state index in [0.717, 1.165) is 35.6 Å². The summed E-state index contributed by atoms with van der Waals surface area (Å²) in [4.78, 5) is 26.6. The van der Waals surface area contributed by atoms with E-state index in [-0.39, 0.29) is 11.8 Å². The van der Waals surface area contributed by atoms with Gasteiger partial charge in [0.25, 0.3) is 0 Å². The predicted octanol–water partition coefficient (Wildman–Crippen LogP) is 3.92. The molecule has 0 radical (unpaired) electrons. The number of pyridine rings is 1. The number of rotatable bonds is 5. The van der Waals surface area contributed by atoms with Crippen LogP contribution in [-0.4, -0.2) is 52.1 Å². The minimum absolute atomic E-state index is 0.142. The van der Waals surface area contributed by atoms with E-state index in [4.69, 9.17) is 4.52 Å². The van der Waals surface area contributed by atoms with E-state index in [0.29, 0.717) is 24.8 Å². The quantitative estimate of drug-likeness (QED) is 0.469. The third-order valence-electron chi connectivity index (χ3n) is 5.96. The Morgan fingerprint density at radius 2 is 1.52 bits per heavy atom. The number of piperazine rings is 1. The number of benzene rings is 2. The zero-order chi connectivity index (χ0) is 22.6. The van der Waals surface area contributed by atoms with E-state index in [2.05, 4.69) is 20.0 Å². The van der Waals surface area contributed by atoms with Crippen LogP contribution in [0.1, 0.15) is 22.9 Å². The number of hydrogen-bond acceptors (Lipinski definition) is 6. The number of aryl methyl sites for hydroxylation is 1. The summed E-state index contributed by atoms with van der Waals surface area (Å²) in [7, 11) is 0. The van der Waals surface area contributed by atoms with Gasteiger partial charge in [0.2, 0.25) is 17.6 Å². The van der Waals surface area contributed by atoms with Gasteiger partial charge < -0.3 is 14.3 Å². The summed E-state index contributed by atoms with van der Waals surface area (Å²) in [5.41, 5.74) is 2.85. The van der Waals surface area contributed by atoms with Gasteiger partial charge in [0, 0.05) is 44.9 Å². The van der Waals surface area contributed by atoms with Crippen molar-refractivity contribution < 1.29 is 9.32 Å². The third kappa shape index (κ3) is 4.48. The predicted molar refractivity (Wildman–Crippen MR) is 126 cm³/mol. The van der Waals surface area contributed by atoms with Crippen molar-refractivity contribution in [3.05, 3.63) is 96.0 Å². The molecular weight excluding hydrogens is 414 g/mol. The van der Waals surface area contributed by atoms with Crippen LogP contribution in [0.4, 0.5) is 5.82 Å². The minimum atomic E-state index is -0.297. The number of nitrogens with zero attached hydrogens (tertiary/aromatic N) is 5. The molecule has 1 fully saturated rings. The summed E-state index contributed by atoms with van der Waals surface area (Å²) in [5.74, 6) is 1.79. The lowest BCUT2D eigenvalue weighted by Gasteiger charge is -2.37. The molecule has 1 amide bonds. The Labute approximate surface area is 192 Å². The molecule has 0 unspecified atom stereocenters. The zero-order valence-electron chi connectivity index (χ0n) is 18.5. The molecule has 0 aliphatic carbocycles. The summed E-state index contributed by atoms with van der Waals surface area (Å²) < 4.78 is 5.05. The van der Waals surface area contributed by atoms with Crippen molar-refractivity contribution in [3.8, 4) is 11.4 Å². The van der Waals surface area contributed by atoms with Gasteiger partial charge >= 0.3 is 0 Å². The second-order valence-electron chi connectivity index (χ2n) is 8.11. The second kappa shape index (κ2) is 9.24. The van der Waals surface area contributed by atoms with E-state index in [9.17, 15) is 4.79 Å². The molecule has 7 nitrogen and oxygen atoms in total. The van der Waals surface area contributed by atoms with Gasteiger partial charge in [-0.25, -0.2) is 4.98 Å². The van der Waals surface area contributed by atoms with Gasteiger partial charge in [-0.05, 0) is 23.3 Å². The normalized spacial score (nSPS) is 14.0. The first-order valence-corrected chi connectivity index (χ1v) is 11.1. The largest absolute Gasteiger partial charge is 0.353 e. The van der Waals surface area contributed by atoms with Crippen molar-refractivity contribution in [2.24, 2.45) is 0 Å². The van der Waals surface area contributed by atoms with Gasteiger partial charge in [0.05, 0.1) is 5.92 Å². The lowest BCUT2D eigenvalue weighted by Crippen LogP contribution is -2.50. The van der Waals surface area contributed by atoms with Crippen LogP contribution >= 0.6 is 0 Å². The number of anilines is 1. The van der Waals surface area contributed by atoms with Crippen LogP contribution in [0.2, 0.25) is 0 Å². The molecule has 2 aromatic carbocycles. The number of amides is 1. The molecular formula is C26H25N5O2. The van der Waals surface area contributed by atoms with Crippen molar-refractivity contribution in [3.63, 3.8) is 0 Å². The van der Waals surface area contributed by atoms with Crippen LogP contribution in [0.15, 0.2) is 83.5 Å². The zero-order valence-corrected chi connectivity index (χ0v) is 18.5. The fourth-order valence-corrected chi connectivity index (χ4v) is 4.23. The van der Waals surface area contributed by atoms with Crippen LogP contribution in [-0.2, 0) is 4.79 Å². The fraction of sp³-hybridized carbons (Fsp3) is 0.231. The van der Waals surface area contributed by atoms with Gasteiger partial charge in [-0.3, -0.25) is 4.79 Å². The Bertz CT molecular complexity index is 1160. The SMILES string of the molecule is Cc1nc(-c2ccc(N3CCN(C(=O)C(c4ccccc4)c4ccccc4)CC3)nc2)no1. The second-order valence-corrected chi connectivity index (χ2v) is 8.11. The van der Waals surface area contributed by atoms with Crippen LogP contribution in [0.3, 0.4) is 0 Å². The van der Waals surface area contributed by atoms with E-state index in [1.165, 1.54) is 0 Å². The maximum atomic E-state index is 13.6. The van der Waals surface area contributed by atoms with Crippen molar-refractivity contribution in [2.45, 2.75) is 12.8 Å². The summed E-state index contributed by atoms with van der Waals surface area (Å²) >= 11 is 0. The van der Waals surface area contributed by atoms with Gasteiger partial charge in [-0.2, -0.15) is 4.98 Å². The number of hydrogen-bond donors (Lipinski definition) is 0. The summed E-state index contributed by atoms with van der Waals surface area (Å²) in [6.07, 6.45) is 1.76. The molecule has 7 heteroatoms. The lowest BCUT2D eigenvalue weighted by molar-refractivity contribution is -0.132. The highest BCUT2D eigenvalue weighted by Gasteiger charge is 2.30. The lowest BCUT2D eigenvalue weighted by atomic mass is 9.90. The maximum absolute atomic E-state index is 13.6. The van der Waals surface area contributed by atoms with Crippen molar-refractivity contribution in [1.29, 1.82) is 0 Å². The molecule has 33 heavy (non-hydrogen) atoms. The van der Waals surface area contributed by atoms with Crippen LogP contribution in [0, 0.1) is 6.92 Å². The molecule has 3 heterocycles. The minimum Gasteiger partial charge on any atom is -0.353 e. The number of carbonyl (C=O) groups is 1. The highest BCUT2D eigenvalue weighted by atomic mass is 16.5. The van der Waals surface area contributed by atoms with Crippen LogP contribution in [0.25, 0.3) is 11.4 Å². The Kier molecular flexibility index (Phi) is 5.85. The standard InChI is InChI=1S/C26H25N5O2/c1-19-28-25(29-33-19)22-12-13-23(27-18-22)30-14-16-31(17-15-30)26(32)24(20-8-4-2-5-9-20)21-10-6-3-7-11-21/h2-13,18,24H,14-17H2,1H3. The molecule has 0 saturated carbocycles. The van der Waals surface area contributed by atoms with E-state index >= 15 is 0 Å². The number of aromatic nitrogens is 3. The van der Waals surface area contributed by atoms with E-state index in [1.54, 1.807) is 13.1 Å². The highest BCUT2D eigenvalue weighted by molar-refractivity contribution is 5.87. The molecule has 1 aliphatic rings. The summed E-state index contributed by atoms with van der Waals surface area (Å²) in [5, 5.41) is 3.94. The van der Waals surface area contributed by atoms with Crippen LogP contribution in [0.5, 0.6) is 0 Å².